The van der Waals surface area contributed by atoms with E-state index in [1.165, 1.54) is 0 Å². The smallest absolute Gasteiger partial charge is 0.137 e. The summed E-state index contributed by atoms with van der Waals surface area (Å²) < 4.78 is 68.5. The minimum atomic E-state index is -3.26. The van der Waals surface area contributed by atoms with Gasteiger partial charge in [-0.25, -0.2) is 4.99 Å². The largest absolute Gasteiger partial charge is 0.394 e. The van der Waals surface area contributed by atoms with Gasteiger partial charge in [0.1, 0.15) is 5.84 Å². The third-order valence-corrected chi connectivity index (χ3v) is 5.32. The Morgan fingerprint density at radius 2 is 1.85 bits per heavy atom. The Bertz CT molecular complexity index is 1110. The number of rotatable bonds is 5. The molecule has 1 fully saturated rings. The van der Waals surface area contributed by atoms with E-state index in [4.69, 9.17) is 20.7 Å². The normalized spacial score (nSPS) is 26.3. The fraction of sp³-hybridized carbons (Fsp3) is 0.381. The minimum absolute atomic E-state index is 0.208. The zero-order valence-corrected chi connectivity index (χ0v) is 15.4. The number of amidine groups is 1. The van der Waals surface area contributed by atoms with Crippen molar-refractivity contribution in [3.05, 3.63) is 54.1 Å². The summed E-state index contributed by atoms with van der Waals surface area (Å²) >= 11 is 1.54. The first-order valence-corrected chi connectivity index (χ1v) is 9.37. The molecule has 1 N–H and O–H groups in total. The molecule has 2 aliphatic rings. The van der Waals surface area contributed by atoms with Crippen LogP contribution in [0.2, 0.25) is 0 Å². The van der Waals surface area contributed by atoms with Crippen LogP contribution in [0, 0.1) is 0 Å². The molecule has 2 aliphatic heterocycles. The Balaban J connectivity index is 1.61. The van der Waals surface area contributed by atoms with Crippen LogP contribution in [0.3, 0.4) is 0 Å². The molecule has 0 spiro atoms. The summed E-state index contributed by atoms with van der Waals surface area (Å²) in [6.07, 6.45) is 0. The summed E-state index contributed by atoms with van der Waals surface area (Å²) in [6, 6.07) is 15.2. The van der Waals surface area contributed by atoms with Crippen molar-refractivity contribution in [2.45, 2.75) is 9.79 Å². The Hall–Kier alpha value is -1.86. The van der Waals surface area contributed by atoms with Crippen molar-refractivity contribution in [2.24, 2.45) is 4.99 Å². The van der Waals surface area contributed by atoms with Gasteiger partial charge in [0, 0.05) is 53.5 Å². The van der Waals surface area contributed by atoms with Crippen LogP contribution < -0.4 is 0 Å². The molecular weight excluding hydrogens is 358 g/mol. The topological polar surface area (TPSA) is 48.3 Å². The van der Waals surface area contributed by atoms with Crippen LogP contribution in [0.25, 0.3) is 0 Å². The lowest BCUT2D eigenvalue weighted by molar-refractivity contribution is 0.0652. The van der Waals surface area contributed by atoms with Gasteiger partial charge in [0.2, 0.25) is 0 Å². The van der Waals surface area contributed by atoms with Crippen LogP contribution >= 0.6 is 11.8 Å². The first-order chi connectivity index (χ1) is 16.2. The summed E-state index contributed by atoms with van der Waals surface area (Å²) in [5.74, 6) is 0.464. The number of ether oxygens (including phenoxy) is 1. The molecule has 0 unspecified atom stereocenters. The van der Waals surface area contributed by atoms with Crippen molar-refractivity contribution in [3.63, 3.8) is 0 Å². The van der Waals surface area contributed by atoms with Gasteiger partial charge in [-0.2, -0.15) is 0 Å². The Morgan fingerprint density at radius 3 is 2.67 bits per heavy atom. The van der Waals surface area contributed by atoms with Crippen LogP contribution in [0.5, 0.6) is 0 Å². The van der Waals surface area contributed by atoms with E-state index < -0.39 is 32.7 Å². The lowest BCUT2D eigenvalue weighted by Gasteiger charge is -2.36. The number of aliphatic hydroxyl groups is 1. The van der Waals surface area contributed by atoms with Gasteiger partial charge in [0.05, 0.1) is 30.9 Å². The number of hydrogen-bond donors (Lipinski definition) is 1. The summed E-state index contributed by atoms with van der Waals surface area (Å²) in [6.45, 7) is -12.0. The molecular formula is C21H25N3O2S. The maximum absolute atomic E-state index is 9.29. The van der Waals surface area contributed by atoms with E-state index in [-0.39, 0.29) is 19.6 Å². The molecule has 0 aliphatic carbocycles. The van der Waals surface area contributed by atoms with Crippen molar-refractivity contribution in [1.82, 2.24) is 9.80 Å². The number of para-hydroxylation sites is 1. The van der Waals surface area contributed by atoms with Gasteiger partial charge >= 0.3 is 0 Å². The number of hydrogen-bond acceptors (Lipinski definition) is 6. The van der Waals surface area contributed by atoms with E-state index in [1.54, 1.807) is 16.7 Å². The standard InChI is InChI=1S/C21H25N3O2S/c25-14-16-26-15-13-23-9-11-24(12-10-23)21-17-5-1-3-7-19(17)27-20-8-4-2-6-18(20)22-21/h1-8,25H,9-16H2/i9D2,10D2,14D2,16D2. The van der Waals surface area contributed by atoms with E-state index in [2.05, 4.69) is 0 Å². The molecule has 2 aromatic carbocycles. The lowest BCUT2D eigenvalue weighted by Crippen LogP contribution is -2.49. The van der Waals surface area contributed by atoms with Crippen LogP contribution in [-0.2, 0) is 4.74 Å². The zero-order valence-electron chi connectivity index (χ0n) is 22.6. The van der Waals surface area contributed by atoms with Crippen LogP contribution in [0.15, 0.2) is 63.3 Å². The summed E-state index contributed by atoms with van der Waals surface area (Å²) in [4.78, 5) is 9.20. The number of aliphatic imine (C=N–C) groups is 1. The molecule has 4 rings (SSSR count). The summed E-state index contributed by atoms with van der Waals surface area (Å²) in [5, 5.41) is 9.29. The van der Waals surface area contributed by atoms with E-state index in [1.807, 2.05) is 48.5 Å². The molecule has 142 valence electrons. The second kappa shape index (κ2) is 8.89. The van der Waals surface area contributed by atoms with Crippen LogP contribution in [0.4, 0.5) is 5.69 Å². The summed E-state index contributed by atoms with van der Waals surface area (Å²) in [5.41, 5.74) is 1.48. The van der Waals surface area contributed by atoms with Crippen LogP contribution in [0.1, 0.15) is 16.5 Å². The highest BCUT2D eigenvalue weighted by atomic mass is 32.2. The number of nitrogens with zero attached hydrogens (tertiary/aromatic N) is 3. The van der Waals surface area contributed by atoms with Crippen molar-refractivity contribution < 1.29 is 20.8 Å². The van der Waals surface area contributed by atoms with Crippen molar-refractivity contribution >= 4 is 23.3 Å². The molecule has 6 heteroatoms. The number of piperazine rings is 1. The van der Waals surface area contributed by atoms with E-state index in [0.717, 1.165) is 20.3 Å². The van der Waals surface area contributed by atoms with Gasteiger partial charge < -0.3 is 14.7 Å². The average Bonchev–Trinajstić information content (AvgIpc) is 2.91. The van der Waals surface area contributed by atoms with Gasteiger partial charge in [0.15, 0.2) is 0 Å². The van der Waals surface area contributed by atoms with Crippen LogP contribution in [-0.4, -0.2) is 73.1 Å². The monoisotopic (exact) mass is 391 g/mol. The predicted octanol–water partition coefficient (Wildman–Crippen LogP) is 2.86. The second-order valence-electron chi connectivity index (χ2n) is 5.89. The van der Waals surface area contributed by atoms with E-state index >= 15 is 0 Å². The third kappa shape index (κ3) is 4.35. The molecule has 0 atom stereocenters. The average molecular weight is 392 g/mol. The fourth-order valence-corrected chi connectivity index (χ4v) is 3.91. The molecule has 0 bridgehead atoms. The van der Waals surface area contributed by atoms with Crippen molar-refractivity contribution in [3.8, 4) is 0 Å². The van der Waals surface area contributed by atoms with Gasteiger partial charge in [-0.05, 0) is 18.2 Å². The molecule has 2 aromatic rings. The molecule has 0 saturated carbocycles. The van der Waals surface area contributed by atoms with Crippen molar-refractivity contribution in [1.29, 1.82) is 0 Å². The van der Waals surface area contributed by atoms with Gasteiger partial charge in [-0.3, -0.25) is 4.90 Å². The number of benzene rings is 2. The molecule has 27 heavy (non-hydrogen) atoms. The maximum Gasteiger partial charge on any atom is 0.137 e. The van der Waals surface area contributed by atoms with Gasteiger partial charge in [-0.1, -0.05) is 42.1 Å². The van der Waals surface area contributed by atoms with Gasteiger partial charge in [-0.15, -0.1) is 0 Å². The highest BCUT2D eigenvalue weighted by Crippen LogP contribution is 2.40. The Labute approximate surface area is 175 Å². The first-order valence-electron chi connectivity index (χ1n) is 12.6. The first kappa shape index (κ1) is 11.2. The number of fused-ring (bicyclic) bond motifs is 2. The maximum atomic E-state index is 9.29. The molecule has 2 heterocycles. The quantitative estimate of drug-likeness (QED) is 0.849. The minimum Gasteiger partial charge on any atom is -0.394 e. The van der Waals surface area contributed by atoms with E-state index in [9.17, 15) is 5.11 Å². The van der Waals surface area contributed by atoms with E-state index in [0.29, 0.717) is 11.5 Å². The molecule has 0 aromatic heterocycles. The SMILES string of the molecule is [2H]C1([2H])CN(C2=Nc3ccccc3Sc3ccccc32)CC([2H])([2H])N1CCOC([2H])([2H])C([2H])([2H])O. The highest BCUT2D eigenvalue weighted by Gasteiger charge is 2.24. The second-order valence-corrected chi connectivity index (χ2v) is 6.97. The fourth-order valence-electron chi connectivity index (χ4n) is 2.89. The summed E-state index contributed by atoms with van der Waals surface area (Å²) in [7, 11) is 0. The highest BCUT2D eigenvalue weighted by molar-refractivity contribution is 7.99. The Kier molecular flexibility index (Phi) is 3.69. The third-order valence-electron chi connectivity index (χ3n) is 4.18. The molecule has 5 nitrogen and oxygen atoms in total. The predicted molar refractivity (Wildman–Crippen MR) is 109 cm³/mol. The molecule has 0 amide bonds. The van der Waals surface area contributed by atoms with Gasteiger partial charge in [0.25, 0.3) is 0 Å². The molecule has 0 radical (unpaired) electrons. The van der Waals surface area contributed by atoms with Crippen molar-refractivity contribution in [2.75, 3.05) is 52.4 Å². The molecule has 1 saturated heterocycles. The lowest BCUT2D eigenvalue weighted by atomic mass is 10.1. The Morgan fingerprint density at radius 1 is 1.11 bits per heavy atom. The zero-order chi connectivity index (χ0) is 25.6.